The molecule has 0 aliphatic carbocycles. The third-order valence-corrected chi connectivity index (χ3v) is 1.96. The lowest BCUT2D eigenvalue weighted by atomic mass is 10.1. The maximum atomic E-state index is 11.8. The van der Waals surface area contributed by atoms with Gasteiger partial charge >= 0.3 is 0 Å². The molecule has 0 aromatic heterocycles. The molecule has 5 heteroatoms. The van der Waals surface area contributed by atoms with Crippen molar-refractivity contribution in [3.05, 3.63) is 35.4 Å². The maximum Gasteiger partial charge on any atom is 0.261 e. The van der Waals surface area contributed by atoms with Crippen LogP contribution in [0.25, 0.3) is 0 Å². The number of benzene rings is 1. The SMILES string of the molecule is NC(=S)c1cccc(COCC(F)F)c1. The fourth-order valence-electron chi connectivity index (χ4n) is 1.08. The Labute approximate surface area is 92.0 Å². The van der Waals surface area contributed by atoms with E-state index in [0.717, 1.165) is 5.56 Å². The lowest BCUT2D eigenvalue weighted by molar-refractivity contribution is 0.00988. The summed E-state index contributed by atoms with van der Waals surface area (Å²) in [5.41, 5.74) is 6.92. The van der Waals surface area contributed by atoms with Gasteiger partial charge in [0.2, 0.25) is 0 Å². The Morgan fingerprint density at radius 1 is 1.47 bits per heavy atom. The fourth-order valence-corrected chi connectivity index (χ4v) is 1.21. The summed E-state index contributed by atoms with van der Waals surface area (Å²) in [5.74, 6) is 0. The van der Waals surface area contributed by atoms with Crippen molar-refractivity contribution in [2.24, 2.45) is 5.73 Å². The Hall–Kier alpha value is -1.07. The van der Waals surface area contributed by atoms with Crippen molar-refractivity contribution in [1.82, 2.24) is 0 Å². The largest absolute Gasteiger partial charge is 0.389 e. The van der Waals surface area contributed by atoms with Crippen LogP contribution < -0.4 is 5.73 Å². The van der Waals surface area contributed by atoms with E-state index in [1.807, 2.05) is 0 Å². The molecule has 0 aliphatic heterocycles. The van der Waals surface area contributed by atoms with Gasteiger partial charge in [-0.25, -0.2) is 8.78 Å². The molecule has 0 aliphatic rings. The smallest absolute Gasteiger partial charge is 0.261 e. The Balaban J connectivity index is 2.54. The van der Waals surface area contributed by atoms with Crippen LogP contribution in [0.5, 0.6) is 0 Å². The number of ether oxygens (including phenoxy) is 1. The van der Waals surface area contributed by atoms with Crippen molar-refractivity contribution in [3.63, 3.8) is 0 Å². The minimum absolute atomic E-state index is 0.140. The number of nitrogens with two attached hydrogens (primary N) is 1. The lowest BCUT2D eigenvalue weighted by Gasteiger charge is -2.05. The maximum absolute atomic E-state index is 11.8. The van der Waals surface area contributed by atoms with Gasteiger partial charge in [0.25, 0.3) is 6.43 Å². The van der Waals surface area contributed by atoms with Gasteiger partial charge < -0.3 is 10.5 Å². The summed E-state index contributed by atoms with van der Waals surface area (Å²) >= 11 is 4.79. The highest BCUT2D eigenvalue weighted by Gasteiger charge is 2.03. The summed E-state index contributed by atoms with van der Waals surface area (Å²) in [6.45, 7) is -0.419. The van der Waals surface area contributed by atoms with Crippen LogP contribution in [0.1, 0.15) is 11.1 Å². The number of hydrogen-bond acceptors (Lipinski definition) is 2. The van der Waals surface area contributed by atoms with Gasteiger partial charge in [-0.05, 0) is 11.6 Å². The molecule has 0 saturated carbocycles. The number of rotatable bonds is 5. The third-order valence-electron chi connectivity index (χ3n) is 1.72. The van der Waals surface area contributed by atoms with Gasteiger partial charge in [-0.2, -0.15) is 0 Å². The molecular formula is C10H11F2NOS. The van der Waals surface area contributed by atoms with Gasteiger partial charge in [-0.3, -0.25) is 0 Å². The molecule has 1 rings (SSSR count). The molecule has 0 bridgehead atoms. The lowest BCUT2D eigenvalue weighted by Crippen LogP contribution is -2.10. The van der Waals surface area contributed by atoms with E-state index in [9.17, 15) is 8.78 Å². The summed E-state index contributed by atoms with van der Waals surface area (Å²) < 4.78 is 28.3. The predicted molar refractivity (Wildman–Crippen MR) is 58.0 cm³/mol. The number of alkyl halides is 2. The highest BCUT2D eigenvalue weighted by Crippen LogP contribution is 2.07. The van der Waals surface area contributed by atoms with E-state index < -0.39 is 13.0 Å². The number of halogens is 2. The molecule has 0 atom stereocenters. The summed E-state index contributed by atoms with van der Waals surface area (Å²) in [4.78, 5) is 0.283. The minimum Gasteiger partial charge on any atom is -0.389 e. The second kappa shape index (κ2) is 5.72. The molecule has 15 heavy (non-hydrogen) atoms. The van der Waals surface area contributed by atoms with Gasteiger partial charge in [-0.15, -0.1) is 0 Å². The van der Waals surface area contributed by atoms with E-state index >= 15 is 0 Å². The van der Waals surface area contributed by atoms with E-state index in [-0.39, 0.29) is 11.6 Å². The van der Waals surface area contributed by atoms with Crippen LogP contribution >= 0.6 is 12.2 Å². The third kappa shape index (κ3) is 4.31. The Morgan fingerprint density at radius 3 is 2.80 bits per heavy atom. The van der Waals surface area contributed by atoms with Crippen molar-refractivity contribution in [3.8, 4) is 0 Å². The zero-order valence-electron chi connectivity index (χ0n) is 7.95. The molecule has 0 saturated heterocycles. The van der Waals surface area contributed by atoms with Crippen LogP contribution in [-0.4, -0.2) is 18.0 Å². The van der Waals surface area contributed by atoms with Crippen molar-refractivity contribution in [2.75, 3.05) is 6.61 Å². The van der Waals surface area contributed by atoms with E-state index in [2.05, 4.69) is 0 Å². The first kappa shape index (κ1) is 12.0. The first-order chi connectivity index (χ1) is 7.09. The van der Waals surface area contributed by atoms with Crippen LogP contribution in [0.15, 0.2) is 24.3 Å². The zero-order chi connectivity index (χ0) is 11.3. The van der Waals surface area contributed by atoms with Gasteiger partial charge in [0.15, 0.2) is 0 Å². The average Bonchev–Trinajstić information content (AvgIpc) is 2.17. The van der Waals surface area contributed by atoms with E-state index in [1.54, 1.807) is 24.3 Å². The predicted octanol–water partition coefficient (Wildman–Crippen LogP) is 2.10. The van der Waals surface area contributed by atoms with Gasteiger partial charge in [0, 0.05) is 5.56 Å². The molecule has 0 spiro atoms. The monoisotopic (exact) mass is 231 g/mol. The van der Waals surface area contributed by atoms with Crippen molar-refractivity contribution >= 4 is 17.2 Å². The first-order valence-electron chi connectivity index (χ1n) is 4.34. The normalized spacial score (nSPS) is 10.6. The molecule has 0 fully saturated rings. The zero-order valence-corrected chi connectivity index (χ0v) is 8.77. The minimum atomic E-state index is -2.44. The first-order valence-corrected chi connectivity index (χ1v) is 4.75. The summed E-state index contributed by atoms with van der Waals surface area (Å²) in [7, 11) is 0. The topological polar surface area (TPSA) is 35.2 Å². The van der Waals surface area contributed by atoms with Crippen LogP contribution in [-0.2, 0) is 11.3 Å². The van der Waals surface area contributed by atoms with Crippen molar-refractivity contribution in [2.45, 2.75) is 13.0 Å². The average molecular weight is 231 g/mol. The molecule has 2 nitrogen and oxygen atoms in total. The molecular weight excluding hydrogens is 220 g/mol. The second-order valence-electron chi connectivity index (χ2n) is 2.97. The molecule has 0 amide bonds. The Morgan fingerprint density at radius 2 is 2.20 bits per heavy atom. The molecule has 1 aromatic rings. The molecule has 2 N–H and O–H groups in total. The van der Waals surface area contributed by atoms with Gasteiger partial charge in [0.05, 0.1) is 6.61 Å². The second-order valence-corrected chi connectivity index (χ2v) is 3.41. The Bertz CT molecular complexity index is 344. The van der Waals surface area contributed by atoms with Crippen LogP contribution in [0, 0.1) is 0 Å². The number of hydrogen-bond donors (Lipinski definition) is 1. The molecule has 0 heterocycles. The van der Waals surface area contributed by atoms with E-state index in [4.69, 9.17) is 22.7 Å². The molecule has 0 unspecified atom stereocenters. The Kier molecular flexibility index (Phi) is 4.58. The van der Waals surface area contributed by atoms with E-state index in [0.29, 0.717) is 5.56 Å². The van der Waals surface area contributed by atoms with Gasteiger partial charge in [-0.1, -0.05) is 30.4 Å². The summed E-state index contributed by atoms with van der Waals surface area (Å²) in [5, 5.41) is 0. The molecule has 1 aromatic carbocycles. The summed E-state index contributed by atoms with van der Waals surface area (Å²) in [6.07, 6.45) is -2.44. The highest BCUT2D eigenvalue weighted by molar-refractivity contribution is 7.80. The van der Waals surface area contributed by atoms with Crippen LogP contribution in [0.3, 0.4) is 0 Å². The van der Waals surface area contributed by atoms with Crippen LogP contribution in [0.4, 0.5) is 8.78 Å². The summed E-state index contributed by atoms with van der Waals surface area (Å²) in [6, 6.07) is 7.02. The van der Waals surface area contributed by atoms with Crippen molar-refractivity contribution in [1.29, 1.82) is 0 Å². The molecule has 0 radical (unpaired) electrons. The fraction of sp³-hybridized carbons (Fsp3) is 0.300. The number of thiocarbonyl (C=S) groups is 1. The van der Waals surface area contributed by atoms with Gasteiger partial charge in [0.1, 0.15) is 11.6 Å². The standard InChI is InChI=1S/C10H11F2NOS/c11-9(12)6-14-5-7-2-1-3-8(4-7)10(13)15/h1-4,9H,5-6H2,(H2,13,15). The molecule has 82 valence electrons. The quantitative estimate of drug-likeness (QED) is 0.788. The van der Waals surface area contributed by atoms with E-state index in [1.165, 1.54) is 0 Å². The van der Waals surface area contributed by atoms with Crippen LogP contribution in [0.2, 0.25) is 0 Å². The highest BCUT2D eigenvalue weighted by atomic mass is 32.1. The van der Waals surface area contributed by atoms with Crippen molar-refractivity contribution < 1.29 is 13.5 Å².